The molecule has 0 aliphatic carbocycles. The standard InChI is InChI=1S/C15H20N4O2S2.HI/c1-16-15(19-11-13-4-3-9-22-13)18-10-12-5-7-14(8-6-12)23(20,21)17-2;/h3-9,17H,10-11H2,1-2H3,(H2,16,18,19);1H. The molecule has 0 aliphatic heterocycles. The van der Waals surface area contributed by atoms with Crippen LogP contribution in [-0.2, 0) is 23.1 Å². The summed E-state index contributed by atoms with van der Waals surface area (Å²) in [5, 5.41) is 8.46. The average molecular weight is 480 g/mol. The van der Waals surface area contributed by atoms with Gasteiger partial charge in [-0.1, -0.05) is 18.2 Å². The summed E-state index contributed by atoms with van der Waals surface area (Å²) in [7, 11) is -0.278. The van der Waals surface area contributed by atoms with Crippen molar-refractivity contribution < 1.29 is 8.42 Å². The number of rotatable bonds is 6. The Hall–Kier alpha value is -1.17. The van der Waals surface area contributed by atoms with Crippen LogP contribution in [0.3, 0.4) is 0 Å². The van der Waals surface area contributed by atoms with Crippen molar-refractivity contribution in [2.45, 2.75) is 18.0 Å². The fourth-order valence-corrected chi connectivity index (χ4v) is 3.27. The molecule has 0 saturated carbocycles. The number of halogens is 1. The van der Waals surface area contributed by atoms with E-state index in [1.54, 1.807) is 42.6 Å². The van der Waals surface area contributed by atoms with Crippen molar-refractivity contribution in [3.05, 3.63) is 52.2 Å². The van der Waals surface area contributed by atoms with Gasteiger partial charge in [-0.2, -0.15) is 0 Å². The van der Waals surface area contributed by atoms with Gasteiger partial charge in [-0.3, -0.25) is 4.99 Å². The van der Waals surface area contributed by atoms with Gasteiger partial charge in [-0.15, -0.1) is 35.3 Å². The van der Waals surface area contributed by atoms with Crippen molar-refractivity contribution in [2.75, 3.05) is 14.1 Å². The van der Waals surface area contributed by atoms with Crippen molar-refractivity contribution in [3.63, 3.8) is 0 Å². The van der Waals surface area contributed by atoms with Gasteiger partial charge in [0, 0.05) is 18.5 Å². The number of hydrogen-bond acceptors (Lipinski definition) is 4. The van der Waals surface area contributed by atoms with Crippen molar-refractivity contribution >= 4 is 51.3 Å². The lowest BCUT2D eigenvalue weighted by atomic mass is 10.2. The third-order valence-corrected chi connectivity index (χ3v) is 5.50. The Morgan fingerprint density at radius 2 is 1.79 bits per heavy atom. The first-order valence-corrected chi connectivity index (χ1v) is 9.41. The molecule has 0 fully saturated rings. The Morgan fingerprint density at radius 3 is 2.33 bits per heavy atom. The lowest BCUT2D eigenvalue weighted by Gasteiger charge is -2.11. The smallest absolute Gasteiger partial charge is 0.240 e. The highest BCUT2D eigenvalue weighted by atomic mass is 127. The molecule has 1 heterocycles. The predicted octanol–water partition coefficient (Wildman–Crippen LogP) is 2.14. The molecule has 0 atom stereocenters. The fraction of sp³-hybridized carbons (Fsp3) is 0.267. The first-order chi connectivity index (χ1) is 11.0. The number of sulfonamides is 1. The van der Waals surface area contributed by atoms with E-state index in [1.165, 1.54) is 11.9 Å². The Bertz CT molecular complexity index is 744. The quantitative estimate of drug-likeness (QED) is 0.336. The molecular weight excluding hydrogens is 459 g/mol. The van der Waals surface area contributed by atoms with Crippen LogP contribution in [0.1, 0.15) is 10.4 Å². The molecule has 0 unspecified atom stereocenters. The van der Waals surface area contributed by atoms with Gasteiger partial charge in [-0.25, -0.2) is 13.1 Å². The zero-order valence-corrected chi connectivity index (χ0v) is 17.4. The van der Waals surface area contributed by atoms with E-state index >= 15 is 0 Å². The number of nitrogens with one attached hydrogen (secondary N) is 3. The molecule has 1 aromatic heterocycles. The number of guanidine groups is 1. The number of thiophene rings is 1. The SMILES string of the molecule is CN=C(NCc1ccc(S(=O)(=O)NC)cc1)NCc1cccs1.I. The molecule has 9 heteroatoms. The highest BCUT2D eigenvalue weighted by Gasteiger charge is 2.10. The van der Waals surface area contributed by atoms with E-state index < -0.39 is 10.0 Å². The van der Waals surface area contributed by atoms with Gasteiger partial charge in [0.05, 0.1) is 11.4 Å². The minimum Gasteiger partial charge on any atom is -0.352 e. The van der Waals surface area contributed by atoms with E-state index in [4.69, 9.17) is 0 Å². The van der Waals surface area contributed by atoms with Crippen molar-refractivity contribution in [1.29, 1.82) is 0 Å². The third-order valence-electron chi connectivity index (χ3n) is 3.20. The Balaban J connectivity index is 0.00000288. The van der Waals surface area contributed by atoms with Crippen LogP contribution in [0.15, 0.2) is 51.7 Å². The normalized spacial score (nSPS) is 11.7. The van der Waals surface area contributed by atoms with Gasteiger partial charge in [0.25, 0.3) is 0 Å². The monoisotopic (exact) mass is 480 g/mol. The van der Waals surface area contributed by atoms with Crippen LogP contribution in [-0.4, -0.2) is 28.5 Å². The maximum Gasteiger partial charge on any atom is 0.240 e. The van der Waals surface area contributed by atoms with Crippen molar-refractivity contribution in [1.82, 2.24) is 15.4 Å². The molecule has 0 saturated heterocycles. The van der Waals surface area contributed by atoms with Gasteiger partial charge in [0.15, 0.2) is 5.96 Å². The molecule has 0 bridgehead atoms. The largest absolute Gasteiger partial charge is 0.352 e. The number of benzene rings is 1. The van der Waals surface area contributed by atoms with Crippen LogP contribution < -0.4 is 15.4 Å². The van der Waals surface area contributed by atoms with Gasteiger partial charge in [-0.05, 0) is 36.2 Å². The van der Waals surface area contributed by atoms with Crippen LogP contribution >= 0.6 is 35.3 Å². The average Bonchev–Trinajstić information content (AvgIpc) is 3.09. The minimum absolute atomic E-state index is 0. The summed E-state index contributed by atoms with van der Waals surface area (Å²) in [4.78, 5) is 5.65. The van der Waals surface area contributed by atoms with Crippen LogP contribution in [0.25, 0.3) is 0 Å². The summed E-state index contributed by atoms with van der Waals surface area (Å²) in [5.41, 5.74) is 0.971. The van der Waals surface area contributed by atoms with Gasteiger partial charge in [0.2, 0.25) is 10.0 Å². The van der Waals surface area contributed by atoms with E-state index in [0.717, 1.165) is 12.1 Å². The topological polar surface area (TPSA) is 82.6 Å². The summed E-state index contributed by atoms with van der Waals surface area (Å²) in [6.07, 6.45) is 0. The van der Waals surface area contributed by atoms with Gasteiger partial charge in [0.1, 0.15) is 0 Å². The molecule has 2 aromatic rings. The lowest BCUT2D eigenvalue weighted by molar-refractivity contribution is 0.588. The zero-order chi connectivity index (χ0) is 16.7. The maximum absolute atomic E-state index is 11.7. The van der Waals surface area contributed by atoms with Gasteiger partial charge < -0.3 is 10.6 Å². The van der Waals surface area contributed by atoms with E-state index in [0.29, 0.717) is 12.5 Å². The molecule has 0 spiro atoms. The first kappa shape index (κ1) is 20.9. The Morgan fingerprint density at radius 1 is 1.12 bits per heavy atom. The fourth-order valence-electron chi connectivity index (χ4n) is 1.89. The summed E-state index contributed by atoms with van der Waals surface area (Å²) < 4.78 is 25.6. The zero-order valence-electron chi connectivity index (χ0n) is 13.4. The summed E-state index contributed by atoms with van der Waals surface area (Å²) in [6, 6.07) is 10.8. The molecular formula is C15H21IN4O2S2. The van der Waals surface area contributed by atoms with Crippen LogP contribution in [0, 0.1) is 0 Å². The molecule has 132 valence electrons. The van der Waals surface area contributed by atoms with Crippen molar-refractivity contribution in [2.24, 2.45) is 4.99 Å². The number of nitrogens with zero attached hydrogens (tertiary/aromatic N) is 1. The molecule has 0 aliphatic rings. The van der Waals surface area contributed by atoms with E-state index in [-0.39, 0.29) is 28.9 Å². The van der Waals surface area contributed by atoms with Crippen LogP contribution in [0.2, 0.25) is 0 Å². The molecule has 0 amide bonds. The Kier molecular flexibility index (Phi) is 8.67. The second kappa shape index (κ2) is 9.97. The molecule has 3 N–H and O–H groups in total. The predicted molar refractivity (Wildman–Crippen MR) is 109 cm³/mol. The maximum atomic E-state index is 11.7. The van der Waals surface area contributed by atoms with Gasteiger partial charge >= 0.3 is 0 Å². The minimum atomic E-state index is -3.39. The summed E-state index contributed by atoms with van der Waals surface area (Å²) in [6.45, 7) is 1.28. The second-order valence-corrected chi connectivity index (χ2v) is 7.63. The molecule has 0 radical (unpaired) electrons. The highest BCUT2D eigenvalue weighted by Crippen LogP contribution is 2.10. The van der Waals surface area contributed by atoms with E-state index in [1.807, 2.05) is 11.4 Å². The van der Waals surface area contributed by atoms with E-state index in [9.17, 15) is 8.42 Å². The molecule has 1 aromatic carbocycles. The Labute approximate surface area is 163 Å². The first-order valence-electron chi connectivity index (χ1n) is 7.04. The highest BCUT2D eigenvalue weighted by molar-refractivity contribution is 14.0. The number of aliphatic imine (C=N–C) groups is 1. The lowest BCUT2D eigenvalue weighted by Crippen LogP contribution is -2.36. The van der Waals surface area contributed by atoms with Crippen LogP contribution in [0.4, 0.5) is 0 Å². The van der Waals surface area contributed by atoms with Crippen molar-refractivity contribution in [3.8, 4) is 0 Å². The molecule has 2 rings (SSSR count). The van der Waals surface area contributed by atoms with Crippen LogP contribution in [0.5, 0.6) is 0 Å². The molecule has 6 nitrogen and oxygen atoms in total. The number of hydrogen-bond donors (Lipinski definition) is 3. The molecule has 24 heavy (non-hydrogen) atoms. The summed E-state index contributed by atoms with van der Waals surface area (Å²) in [5.74, 6) is 0.699. The second-order valence-electron chi connectivity index (χ2n) is 4.71. The summed E-state index contributed by atoms with van der Waals surface area (Å²) >= 11 is 1.69. The third kappa shape index (κ3) is 6.04. The van der Waals surface area contributed by atoms with E-state index in [2.05, 4.69) is 26.4 Å².